The molecule has 2 aromatic carbocycles. The highest BCUT2D eigenvalue weighted by Gasteiger charge is 2.22. The SMILES string of the molecule is CCCN(CC(=O)N(Cc1ccccc1)Cc1sccc1C)C(=O)Nc1ccccc1F. The van der Waals surface area contributed by atoms with Gasteiger partial charge in [-0.15, -0.1) is 11.3 Å². The van der Waals surface area contributed by atoms with Gasteiger partial charge in [0.1, 0.15) is 12.4 Å². The molecule has 0 saturated heterocycles. The van der Waals surface area contributed by atoms with Crippen LogP contribution in [0.2, 0.25) is 0 Å². The van der Waals surface area contributed by atoms with E-state index in [1.165, 1.54) is 17.0 Å². The van der Waals surface area contributed by atoms with Crippen LogP contribution < -0.4 is 5.32 Å². The molecule has 168 valence electrons. The van der Waals surface area contributed by atoms with Crippen molar-refractivity contribution in [3.05, 3.63) is 87.9 Å². The van der Waals surface area contributed by atoms with Crippen LogP contribution in [-0.2, 0) is 17.9 Å². The third kappa shape index (κ3) is 6.40. The van der Waals surface area contributed by atoms with Gasteiger partial charge in [-0.1, -0.05) is 49.4 Å². The monoisotopic (exact) mass is 453 g/mol. The van der Waals surface area contributed by atoms with Crippen LogP contribution in [0.3, 0.4) is 0 Å². The van der Waals surface area contributed by atoms with Crippen LogP contribution in [0.4, 0.5) is 14.9 Å². The molecule has 3 aromatic rings. The number of hydrogen-bond donors (Lipinski definition) is 1. The zero-order chi connectivity index (χ0) is 22.9. The number of carbonyl (C=O) groups is 2. The Labute approximate surface area is 192 Å². The Balaban J connectivity index is 1.75. The van der Waals surface area contributed by atoms with Gasteiger partial charge in [0.05, 0.1) is 12.2 Å². The van der Waals surface area contributed by atoms with Crippen LogP contribution in [0.5, 0.6) is 0 Å². The summed E-state index contributed by atoms with van der Waals surface area (Å²) >= 11 is 1.62. The maximum Gasteiger partial charge on any atom is 0.322 e. The van der Waals surface area contributed by atoms with Gasteiger partial charge in [-0.05, 0) is 48.1 Å². The number of nitrogens with one attached hydrogen (secondary N) is 1. The van der Waals surface area contributed by atoms with Crippen molar-refractivity contribution in [2.45, 2.75) is 33.4 Å². The number of nitrogens with zero attached hydrogens (tertiary/aromatic N) is 2. The largest absolute Gasteiger partial charge is 0.332 e. The van der Waals surface area contributed by atoms with E-state index < -0.39 is 11.8 Å². The fourth-order valence-corrected chi connectivity index (χ4v) is 4.24. The molecule has 0 fully saturated rings. The van der Waals surface area contributed by atoms with E-state index in [0.717, 1.165) is 16.0 Å². The Morgan fingerprint density at radius 2 is 1.69 bits per heavy atom. The van der Waals surface area contributed by atoms with Gasteiger partial charge in [-0.2, -0.15) is 0 Å². The lowest BCUT2D eigenvalue weighted by Crippen LogP contribution is -2.44. The van der Waals surface area contributed by atoms with Crippen LogP contribution in [0, 0.1) is 12.7 Å². The Kier molecular flexibility index (Phi) is 8.39. The molecule has 0 aliphatic rings. The fourth-order valence-electron chi connectivity index (χ4n) is 3.32. The van der Waals surface area contributed by atoms with Crippen molar-refractivity contribution in [1.29, 1.82) is 0 Å². The van der Waals surface area contributed by atoms with Gasteiger partial charge in [-0.3, -0.25) is 4.79 Å². The summed E-state index contributed by atoms with van der Waals surface area (Å²) in [6, 6.07) is 17.3. The molecule has 7 heteroatoms. The average Bonchev–Trinajstić information content (AvgIpc) is 3.19. The molecule has 3 rings (SSSR count). The number of anilines is 1. The summed E-state index contributed by atoms with van der Waals surface area (Å²) in [5.41, 5.74) is 2.26. The maximum atomic E-state index is 14.0. The molecule has 0 spiro atoms. The van der Waals surface area contributed by atoms with Crippen LogP contribution >= 0.6 is 11.3 Å². The number of thiophene rings is 1. The number of para-hydroxylation sites is 1. The van der Waals surface area contributed by atoms with Crippen molar-refractivity contribution in [3.63, 3.8) is 0 Å². The first-order valence-electron chi connectivity index (χ1n) is 10.6. The molecule has 0 unspecified atom stereocenters. The summed E-state index contributed by atoms with van der Waals surface area (Å²) in [5, 5.41) is 4.60. The predicted octanol–water partition coefficient (Wildman–Crippen LogP) is 5.67. The molecule has 0 aliphatic carbocycles. The number of aryl methyl sites for hydroxylation is 1. The van der Waals surface area contributed by atoms with E-state index in [2.05, 4.69) is 5.32 Å². The maximum absolute atomic E-state index is 14.0. The molecule has 5 nitrogen and oxygen atoms in total. The summed E-state index contributed by atoms with van der Waals surface area (Å²) in [6.07, 6.45) is 0.681. The fraction of sp³-hybridized carbons (Fsp3) is 0.280. The second-order valence-electron chi connectivity index (χ2n) is 7.59. The molecule has 1 heterocycles. The van der Waals surface area contributed by atoms with E-state index in [1.807, 2.05) is 55.6 Å². The van der Waals surface area contributed by atoms with Gasteiger partial charge in [0.15, 0.2) is 0 Å². The van der Waals surface area contributed by atoms with Crippen molar-refractivity contribution >= 4 is 29.0 Å². The minimum atomic E-state index is -0.512. The van der Waals surface area contributed by atoms with E-state index in [-0.39, 0.29) is 18.1 Å². The molecule has 0 aliphatic heterocycles. The van der Waals surface area contributed by atoms with Crippen LogP contribution in [0.1, 0.15) is 29.3 Å². The normalized spacial score (nSPS) is 10.6. The molecular weight excluding hydrogens is 425 g/mol. The first kappa shape index (κ1) is 23.5. The van der Waals surface area contributed by atoms with Gasteiger partial charge in [0.25, 0.3) is 0 Å². The highest BCUT2D eigenvalue weighted by molar-refractivity contribution is 7.10. The van der Waals surface area contributed by atoms with Crippen molar-refractivity contribution in [2.24, 2.45) is 0 Å². The number of urea groups is 1. The van der Waals surface area contributed by atoms with Gasteiger partial charge in [-0.25, -0.2) is 9.18 Å². The Morgan fingerprint density at radius 3 is 2.34 bits per heavy atom. The second kappa shape index (κ2) is 11.4. The number of amides is 3. The minimum Gasteiger partial charge on any atom is -0.332 e. The Bertz CT molecular complexity index is 1040. The van der Waals surface area contributed by atoms with Crippen LogP contribution in [0.15, 0.2) is 66.0 Å². The first-order valence-corrected chi connectivity index (χ1v) is 11.5. The lowest BCUT2D eigenvalue weighted by atomic mass is 10.2. The van der Waals surface area contributed by atoms with E-state index in [1.54, 1.807) is 28.4 Å². The van der Waals surface area contributed by atoms with Crippen molar-refractivity contribution in [3.8, 4) is 0 Å². The minimum absolute atomic E-state index is 0.0780. The molecule has 3 amide bonds. The van der Waals surface area contributed by atoms with Crippen molar-refractivity contribution in [2.75, 3.05) is 18.4 Å². The third-order valence-electron chi connectivity index (χ3n) is 5.09. The molecule has 0 saturated carbocycles. The summed E-state index contributed by atoms with van der Waals surface area (Å²) in [7, 11) is 0. The smallest absolute Gasteiger partial charge is 0.322 e. The van der Waals surface area contributed by atoms with Gasteiger partial charge < -0.3 is 15.1 Å². The molecule has 1 aromatic heterocycles. The van der Waals surface area contributed by atoms with E-state index in [9.17, 15) is 14.0 Å². The zero-order valence-corrected chi connectivity index (χ0v) is 19.2. The summed E-state index contributed by atoms with van der Waals surface area (Å²) in [6.45, 7) is 5.21. The molecule has 0 atom stereocenters. The van der Waals surface area contributed by atoms with E-state index in [0.29, 0.717) is 26.1 Å². The summed E-state index contributed by atoms with van der Waals surface area (Å²) in [4.78, 5) is 30.5. The van der Waals surface area contributed by atoms with Crippen LogP contribution in [-0.4, -0.2) is 34.8 Å². The topological polar surface area (TPSA) is 52.7 Å². The van der Waals surface area contributed by atoms with E-state index >= 15 is 0 Å². The molecular formula is C25H28FN3O2S. The molecule has 0 radical (unpaired) electrons. The van der Waals surface area contributed by atoms with Gasteiger partial charge in [0.2, 0.25) is 5.91 Å². The molecule has 0 bridgehead atoms. The Hall–Kier alpha value is -3.19. The number of halogens is 1. The molecule has 32 heavy (non-hydrogen) atoms. The van der Waals surface area contributed by atoms with Gasteiger partial charge in [0, 0.05) is 18.0 Å². The Morgan fingerprint density at radius 1 is 0.969 bits per heavy atom. The number of carbonyl (C=O) groups excluding carboxylic acids is 2. The lowest BCUT2D eigenvalue weighted by molar-refractivity contribution is -0.133. The average molecular weight is 454 g/mol. The van der Waals surface area contributed by atoms with Gasteiger partial charge >= 0.3 is 6.03 Å². The zero-order valence-electron chi connectivity index (χ0n) is 18.4. The van der Waals surface area contributed by atoms with E-state index in [4.69, 9.17) is 0 Å². The lowest BCUT2D eigenvalue weighted by Gasteiger charge is -2.28. The first-order chi connectivity index (χ1) is 15.5. The number of benzene rings is 2. The second-order valence-corrected chi connectivity index (χ2v) is 8.59. The molecule has 1 N–H and O–H groups in total. The standard InChI is InChI=1S/C25H28FN3O2S/c1-3-14-28(25(31)27-22-12-8-7-11-21(22)26)18-24(30)29(16-20-9-5-4-6-10-20)17-23-19(2)13-15-32-23/h4-13,15H,3,14,16-18H2,1-2H3,(H,27,31). The predicted molar refractivity (Wildman–Crippen MR) is 127 cm³/mol. The number of hydrogen-bond acceptors (Lipinski definition) is 3. The quantitative estimate of drug-likeness (QED) is 0.454. The highest BCUT2D eigenvalue weighted by atomic mass is 32.1. The van der Waals surface area contributed by atoms with Crippen molar-refractivity contribution in [1.82, 2.24) is 9.80 Å². The highest BCUT2D eigenvalue weighted by Crippen LogP contribution is 2.20. The summed E-state index contributed by atoms with van der Waals surface area (Å²) in [5.74, 6) is -0.665. The number of rotatable bonds is 9. The summed E-state index contributed by atoms with van der Waals surface area (Å²) < 4.78 is 14.0. The third-order valence-corrected chi connectivity index (χ3v) is 6.10. The van der Waals surface area contributed by atoms with Crippen LogP contribution in [0.25, 0.3) is 0 Å². The van der Waals surface area contributed by atoms with Crippen molar-refractivity contribution < 1.29 is 14.0 Å².